The Morgan fingerprint density at radius 3 is 2.48 bits per heavy atom. The van der Waals surface area contributed by atoms with Gasteiger partial charge in [0.15, 0.2) is 6.61 Å². The predicted octanol–water partition coefficient (Wildman–Crippen LogP) is 2.93. The molecule has 7 heteroatoms. The van der Waals surface area contributed by atoms with Crippen molar-refractivity contribution in [2.75, 3.05) is 26.2 Å². The van der Waals surface area contributed by atoms with Crippen molar-refractivity contribution >= 4 is 24.2 Å². The molecule has 0 spiro atoms. The van der Waals surface area contributed by atoms with Gasteiger partial charge in [0.05, 0.1) is 0 Å². The number of amides is 2. The first-order valence-corrected chi connectivity index (χ1v) is 10.3. The van der Waals surface area contributed by atoms with E-state index >= 15 is 0 Å². The second kappa shape index (κ2) is 11.2. The van der Waals surface area contributed by atoms with Gasteiger partial charge in [0.2, 0.25) is 0 Å². The molecule has 1 saturated heterocycles. The quantitative estimate of drug-likeness (QED) is 0.693. The summed E-state index contributed by atoms with van der Waals surface area (Å²) in [5.41, 5.74) is 1.85. The van der Waals surface area contributed by atoms with Crippen LogP contribution in [0.4, 0.5) is 0 Å². The molecule has 2 unspecified atom stereocenters. The molecule has 0 aliphatic carbocycles. The lowest BCUT2D eigenvalue weighted by Gasteiger charge is -2.38. The third-order valence-electron chi connectivity index (χ3n) is 5.59. The summed E-state index contributed by atoms with van der Waals surface area (Å²) >= 11 is 0. The Labute approximate surface area is 179 Å². The maximum absolute atomic E-state index is 12.5. The molecule has 0 saturated carbocycles. The second-order valence-electron chi connectivity index (χ2n) is 7.74. The van der Waals surface area contributed by atoms with Crippen molar-refractivity contribution < 1.29 is 14.3 Å². The van der Waals surface area contributed by atoms with Crippen LogP contribution in [-0.2, 0) is 4.79 Å². The Balaban J connectivity index is 0.00000300. The van der Waals surface area contributed by atoms with Crippen molar-refractivity contribution in [1.82, 2.24) is 15.5 Å². The first-order chi connectivity index (χ1) is 13.5. The molecule has 160 valence electrons. The number of hydrogen-bond acceptors (Lipinski definition) is 4. The number of piperidine rings is 1. The molecule has 29 heavy (non-hydrogen) atoms. The number of ether oxygens (including phenoxy) is 1. The SMILES string of the molecule is CC1CCCC(C)N1C(=O)COc1ccc(C(=O)NCC2=CCNCC2)cc1.Cl. The highest BCUT2D eigenvalue weighted by atomic mass is 35.5. The smallest absolute Gasteiger partial charge is 0.260 e. The van der Waals surface area contributed by atoms with Gasteiger partial charge in [-0.3, -0.25) is 9.59 Å². The van der Waals surface area contributed by atoms with Crippen LogP contribution in [0.2, 0.25) is 0 Å². The van der Waals surface area contributed by atoms with Gasteiger partial charge in [0, 0.05) is 30.7 Å². The molecule has 2 aliphatic rings. The van der Waals surface area contributed by atoms with E-state index in [9.17, 15) is 9.59 Å². The van der Waals surface area contributed by atoms with E-state index in [0.29, 0.717) is 17.9 Å². The molecule has 0 aromatic heterocycles. The van der Waals surface area contributed by atoms with Gasteiger partial charge in [-0.15, -0.1) is 12.4 Å². The standard InChI is InChI=1S/C22H31N3O3.ClH/c1-16-4-3-5-17(2)25(16)21(26)15-28-20-8-6-19(7-9-20)22(27)24-14-18-10-12-23-13-11-18;/h6-10,16-17,23H,3-5,11-15H2,1-2H3,(H,24,27);1H. The summed E-state index contributed by atoms with van der Waals surface area (Å²) in [4.78, 5) is 26.8. The number of halogens is 1. The summed E-state index contributed by atoms with van der Waals surface area (Å²) in [5.74, 6) is 0.526. The van der Waals surface area contributed by atoms with Gasteiger partial charge < -0.3 is 20.3 Å². The summed E-state index contributed by atoms with van der Waals surface area (Å²) in [6.07, 6.45) is 6.36. The van der Waals surface area contributed by atoms with Crippen molar-refractivity contribution in [1.29, 1.82) is 0 Å². The topological polar surface area (TPSA) is 70.7 Å². The predicted molar refractivity (Wildman–Crippen MR) is 117 cm³/mol. The Morgan fingerprint density at radius 2 is 1.86 bits per heavy atom. The van der Waals surface area contributed by atoms with Gasteiger partial charge in [-0.25, -0.2) is 0 Å². The lowest BCUT2D eigenvalue weighted by atomic mass is 9.97. The summed E-state index contributed by atoms with van der Waals surface area (Å²) < 4.78 is 5.67. The monoisotopic (exact) mass is 421 g/mol. The number of nitrogens with zero attached hydrogens (tertiary/aromatic N) is 1. The number of nitrogens with one attached hydrogen (secondary N) is 2. The zero-order valence-corrected chi connectivity index (χ0v) is 18.1. The van der Waals surface area contributed by atoms with Gasteiger partial charge >= 0.3 is 0 Å². The molecule has 2 heterocycles. The van der Waals surface area contributed by atoms with E-state index < -0.39 is 0 Å². The lowest BCUT2D eigenvalue weighted by molar-refractivity contribution is -0.139. The first kappa shape index (κ1) is 23.2. The zero-order chi connectivity index (χ0) is 19.9. The number of carbonyl (C=O) groups excluding carboxylic acids is 2. The second-order valence-corrected chi connectivity index (χ2v) is 7.74. The Morgan fingerprint density at radius 1 is 1.17 bits per heavy atom. The highest BCUT2D eigenvalue weighted by Gasteiger charge is 2.28. The molecule has 1 fully saturated rings. The van der Waals surface area contributed by atoms with E-state index in [1.54, 1.807) is 24.3 Å². The van der Waals surface area contributed by atoms with Crippen molar-refractivity contribution in [3.05, 3.63) is 41.5 Å². The minimum atomic E-state index is -0.0991. The summed E-state index contributed by atoms with van der Waals surface area (Å²) in [6.45, 7) is 6.63. The molecular weight excluding hydrogens is 390 g/mol. The highest BCUT2D eigenvalue weighted by Crippen LogP contribution is 2.23. The van der Waals surface area contributed by atoms with Crippen molar-refractivity contribution in [2.24, 2.45) is 0 Å². The minimum Gasteiger partial charge on any atom is -0.484 e. The van der Waals surface area contributed by atoms with Crippen LogP contribution in [0.15, 0.2) is 35.9 Å². The molecule has 6 nitrogen and oxygen atoms in total. The van der Waals surface area contributed by atoms with Gasteiger partial charge in [-0.1, -0.05) is 11.6 Å². The van der Waals surface area contributed by atoms with Crippen LogP contribution < -0.4 is 15.4 Å². The summed E-state index contributed by atoms with van der Waals surface area (Å²) in [7, 11) is 0. The fourth-order valence-electron chi connectivity index (χ4n) is 3.96. The molecule has 1 aromatic rings. The molecule has 2 N–H and O–H groups in total. The number of likely N-dealkylation sites (tertiary alicyclic amines) is 1. The molecule has 2 aliphatic heterocycles. The molecule has 3 rings (SSSR count). The Bertz CT molecular complexity index is 711. The first-order valence-electron chi connectivity index (χ1n) is 10.3. The maximum atomic E-state index is 12.5. The zero-order valence-electron chi connectivity index (χ0n) is 17.3. The largest absolute Gasteiger partial charge is 0.484 e. The van der Waals surface area contributed by atoms with Crippen LogP contribution in [0.3, 0.4) is 0 Å². The molecule has 0 radical (unpaired) electrons. The van der Waals surface area contributed by atoms with Crippen molar-refractivity contribution in [3.63, 3.8) is 0 Å². The molecule has 2 amide bonds. The fraction of sp³-hybridized carbons (Fsp3) is 0.545. The number of rotatable bonds is 6. The lowest BCUT2D eigenvalue weighted by Crippen LogP contribution is -2.49. The number of hydrogen-bond donors (Lipinski definition) is 2. The third kappa shape index (κ3) is 6.47. The van der Waals surface area contributed by atoms with Crippen LogP contribution in [0.1, 0.15) is 49.9 Å². The third-order valence-corrected chi connectivity index (χ3v) is 5.59. The van der Waals surface area contributed by atoms with E-state index in [0.717, 1.165) is 32.4 Å². The van der Waals surface area contributed by atoms with E-state index in [1.807, 2.05) is 4.90 Å². The van der Waals surface area contributed by atoms with Crippen molar-refractivity contribution in [3.8, 4) is 5.75 Å². The van der Waals surface area contributed by atoms with E-state index in [4.69, 9.17) is 4.74 Å². The van der Waals surface area contributed by atoms with Gasteiger partial charge in [-0.05, 0) is 70.3 Å². The highest BCUT2D eigenvalue weighted by molar-refractivity contribution is 5.94. The van der Waals surface area contributed by atoms with E-state index in [1.165, 1.54) is 12.0 Å². The van der Waals surface area contributed by atoms with Gasteiger partial charge in [0.25, 0.3) is 11.8 Å². The van der Waals surface area contributed by atoms with Gasteiger partial charge in [0.1, 0.15) is 5.75 Å². The minimum absolute atomic E-state index is 0. The molecular formula is C22H32ClN3O3. The molecule has 2 atom stereocenters. The van der Waals surface area contributed by atoms with Crippen LogP contribution in [0.25, 0.3) is 0 Å². The average molecular weight is 422 g/mol. The van der Waals surface area contributed by atoms with E-state index in [2.05, 4.69) is 30.6 Å². The van der Waals surface area contributed by atoms with Crippen LogP contribution in [0.5, 0.6) is 5.75 Å². The number of benzene rings is 1. The van der Waals surface area contributed by atoms with E-state index in [-0.39, 0.29) is 42.9 Å². The van der Waals surface area contributed by atoms with Crippen molar-refractivity contribution in [2.45, 2.75) is 51.6 Å². The molecule has 0 bridgehead atoms. The Hall–Kier alpha value is -2.05. The summed E-state index contributed by atoms with van der Waals surface area (Å²) in [5, 5.41) is 6.21. The van der Waals surface area contributed by atoms with Gasteiger partial charge in [-0.2, -0.15) is 0 Å². The number of carbonyl (C=O) groups is 2. The van der Waals surface area contributed by atoms with Crippen LogP contribution in [0, 0.1) is 0 Å². The van der Waals surface area contributed by atoms with Crippen LogP contribution >= 0.6 is 12.4 Å². The average Bonchev–Trinajstić information content (AvgIpc) is 2.71. The fourth-order valence-corrected chi connectivity index (χ4v) is 3.96. The summed E-state index contributed by atoms with van der Waals surface area (Å²) in [6, 6.07) is 7.49. The maximum Gasteiger partial charge on any atom is 0.260 e. The van der Waals surface area contributed by atoms with Crippen LogP contribution in [-0.4, -0.2) is 55.0 Å². The normalized spacial score (nSPS) is 21.6. The Kier molecular flexibility index (Phi) is 8.99. The molecule has 1 aromatic carbocycles.